The summed E-state index contributed by atoms with van der Waals surface area (Å²) < 4.78 is 0. The maximum Gasteiger partial charge on any atom is 0.181 e. The highest BCUT2D eigenvalue weighted by Gasteiger charge is 2.28. The minimum absolute atomic E-state index is 0.248. The fourth-order valence-electron chi connectivity index (χ4n) is 2.20. The predicted octanol–water partition coefficient (Wildman–Crippen LogP) is 2.49. The summed E-state index contributed by atoms with van der Waals surface area (Å²) in [4.78, 5) is 11.4. The van der Waals surface area contributed by atoms with Crippen LogP contribution in [0.4, 0.5) is 0 Å². The van der Waals surface area contributed by atoms with Gasteiger partial charge in [-0.05, 0) is 42.7 Å². The summed E-state index contributed by atoms with van der Waals surface area (Å²) in [5, 5.41) is 0. The lowest BCUT2D eigenvalue weighted by molar-refractivity contribution is -0.112. The summed E-state index contributed by atoms with van der Waals surface area (Å²) in [5.74, 6) is 1.34. The van der Waals surface area contributed by atoms with Crippen molar-refractivity contribution in [3.05, 3.63) is 23.8 Å². The van der Waals surface area contributed by atoms with Crippen molar-refractivity contribution in [2.75, 3.05) is 0 Å². The molecule has 2 rings (SSSR count). The topological polar surface area (TPSA) is 17.1 Å². The standard InChI is InChI=1S/C11H14O/c1-8-6-7-11(12)10-5-3-2-4-9(8)10/h5-9H,2-4H2,1H3. The lowest BCUT2D eigenvalue weighted by atomic mass is 9.74. The van der Waals surface area contributed by atoms with Crippen molar-refractivity contribution in [3.8, 4) is 0 Å². The van der Waals surface area contributed by atoms with Crippen LogP contribution in [0.2, 0.25) is 0 Å². The van der Waals surface area contributed by atoms with E-state index in [-0.39, 0.29) is 5.78 Å². The first-order chi connectivity index (χ1) is 5.79. The fourth-order valence-corrected chi connectivity index (χ4v) is 2.20. The molecule has 1 heteroatoms. The lowest BCUT2D eigenvalue weighted by Crippen LogP contribution is -2.24. The minimum atomic E-state index is 0.248. The van der Waals surface area contributed by atoms with Gasteiger partial charge in [0.2, 0.25) is 0 Å². The molecule has 0 aromatic rings. The minimum Gasteiger partial charge on any atom is -0.290 e. The normalized spacial score (nSPS) is 34.4. The molecule has 2 aliphatic carbocycles. The molecule has 0 aromatic carbocycles. The Morgan fingerprint density at radius 2 is 2.33 bits per heavy atom. The van der Waals surface area contributed by atoms with Crippen LogP contribution >= 0.6 is 0 Å². The third-order valence-electron chi connectivity index (χ3n) is 2.95. The Hall–Kier alpha value is -0.850. The highest BCUT2D eigenvalue weighted by Crippen LogP contribution is 2.35. The Balaban J connectivity index is 2.35. The monoisotopic (exact) mass is 162 g/mol. The van der Waals surface area contributed by atoms with E-state index in [0.29, 0.717) is 11.8 Å². The molecule has 0 spiro atoms. The van der Waals surface area contributed by atoms with E-state index < -0.39 is 0 Å². The Morgan fingerprint density at radius 3 is 3.08 bits per heavy atom. The molecule has 1 nitrogen and oxygen atoms in total. The van der Waals surface area contributed by atoms with Gasteiger partial charge in [-0.25, -0.2) is 0 Å². The van der Waals surface area contributed by atoms with Crippen molar-refractivity contribution in [3.63, 3.8) is 0 Å². The molecule has 0 radical (unpaired) electrons. The predicted molar refractivity (Wildman–Crippen MR) is 48.7 cm³/mol. The van der Waals surface area contributed by atoms with E-state index >= 15 is 0 Å². The van der Waals surface area contributed by atoms with E-state index in [0.717, 1.165) is 12.0 Å². The molecule has 2 aliphatic rings. The molecule has 0 amide bonds. The van der Waals surface area contributed by atoms with Crippen molar-refractivity contribution in [2.45, 2.75) is 26.2 Å². The number of rotatable bonds is 0. The Morgan fingerprint density at radius 1 is 1.50 bits per heavy atom. The molecule has 0 saturated carbocycles. The Labute approximate surface area is 73.2 Å². The van der Waals surface area contributed by atoms with Crippen LogP contribution in [0.25, 0.3) is 0 Å². The summed E-state index contributed by atoms with van der Waals surface area (Å²) in [6.07, 6.45) is 9.46. The Kier molecular flexibility index (Phi) is 1.87. The van der Waals surface area contributed by atoms with Gasteiger partial charge in [0, 0.05) is 0 Å². The van der Waals surface area contributed by atoms with Crippen molar-refractivity contribution in [1.82, 2.24) is 0 Å². The third-order valence-corrected chi connectivity index (χ3v) is 2.95. The van der Waals surface area contributed by atoms with E-state index in [1.807, 2.05) is 0 Å². The zero-order chi connectivity index (χ0) is 8.55. The molecule has 0 aliphatic heterocycles. The number of fused-ring (bicyclic) bond motifs is 1. The molecule has 0 heterocycles. The van der Waals surface area contributed by atoms with Crippen LogP contribution in [-0.2, 0) is 4.79 Å². The molecule has 2 atom stereocenters. The molecular formula is C11H14O. The Bertz CT molecular complexity index is 260. The van der Waals surface area contributed by atoms with Gasteiger partial charge < -0.3 is 0 Å². The molecule has 0 aromatic heterocycles. The summed E-state index contributed by atoms with van der Waals surface area (Å²) in [7, 11) is 0. The van der Waals surface area contributed by atoms with Gasteiger partial charge in [0.05, 0.1) is 0 Å². The largest absolute Gasteiger partial charge is 0.290 e. The van der Waals surface area contributed by atoms with Gasteiger partial charge in [-0.2, -0.15) is 0 Å². The van der Waals surface area contributed by atoms with Crippen molar-refractivity contribution < 1.29 is 4.79 Å². The van der Waals surface area contributed by atoms with Crippen molar-refractivity contribution in [2.24, 2.45) is 11.8 Å². The van der Waals surface area contributed by atoms with Crippen LogP contribution < -0.4 is 0 Å². The number of hydrogen-bond donors (Lipinski definition) is 0. The second-order valence-corrected chi connectivity index (χ2v) is 3.78. The summed E-state index contributed by atoms with van der Waals surface area (Å²) >= 11 is 0. The van der Waals surface area contributed by atoms with Gasteiger partial charge >= 0.3 is 0 Å². The quantitative estimate of drug-likeness (QED) is 0.535. The van der Waals surface area contributed by atoms with Crippen LogP contribution in [0.15, 0.2) is 23.8 Å². The third kappa shape index (κ3) is 1.13. The van der Waals surface area contributed by atoms with E-state index in [1.54, 1.807) is 6.08 Å². The average molecular weight is 162 g/mol. The fraction of sp³-hybridized carbons (Fsp3) is 0.545. The number of hydrogen-bond acceptors (Lipinski definition) is 1. The second-order valence-electron chi connectivity index (χ2n) is 3.78. The highest BCUT2D eigenvalue weighted by atomic mass is 16.1. The summed E-state index contributed by atoms with van der Waals surface area (Å²) in [6, 6.07) is 0. The molecule has 0 saturated heterocycles. The summed E-state index contributed by atoms with van der Waals surface area (Å²) in [5.41, 5.74) is 1.08. The number of carbonyl (C=O) groups excluding carboxylic acids is 1. The van der Waals surface area contributed by atoms with Crippen LogP contribution in [0.5, 0.6) is 0 Å². The second kappa shape index (κ2) is 2.89. The van der Waals surface area contributed by atoms with E-state index in [9.17, 15) is 4.79 Å². The highest BCUT2D eigenvalue weighted by molar-refractivity contribution is 6.05. The SMILES string of the molecule is CC1C=CC(=O)C2=CCCCC21. The van der Waals surface area contributed by atoms with Crippen LogP contribution in [0, 0.1) is 11.8 Å². The zero-order valence-electron chi connectivity index (χ0n) is 7.42. The molecular weight excluding hydrogens is 148 g/mol. The van der Waals surface area contributed by atoms with Crippen LogP contribution in [-0.4, -0.2) is 5.78 Å². The molecule has 64 valence electrons. The zero-order valence-corrected chi connectivity index (χ0v) is 7.42. The lowest BCUT2D eigenvalue weighted by Gasteiger charge is -2.29. The first-order valence-corrected chi connectivity index (χ1v) is 4.71. The molecule has 0 fully saturated rings. The van der Waals surface area contributed by atoms with E-state index in [2.05, 4.69) is 19.1 Å². The van der Waals surface area contributed by atoms with Gasteiger partial charge in [0.25, 0.3) is 0 Å². The van der Waals surface area contributed by atoms with Crippen LogP contribution in [0.3, 0.4) is 0 Å². The molecule has 2 unspecified atom stereocenters. The number of carbonyl (C=O) groups is 1. The first-order valence-electron chi connectivity index (χ1n) is 4.71. The van der Waals surface area contributed by atoms with Gasteiger partial charge in [-0.1, -0.05) is 19.1 Å². The summed E-state index contributed by atoms with van der Waals surface area (Å²) in [6.45, 7) is 2.20. The van der Waals surface area contributed by atoms with E-state index in [1.165, 1.54) is 12.8 Å². The van der Waals surface area contributed by atoms with Gasteiger partial charge in [0.1, 0.15) is 0 Å². The number of ketones is 1. The van der Waals surface area contributed by atoms with Crippen molar-refractivity contribution in [1.29, 1.82) is 0 Å². The smallest absolute Gasteiger partial charge is 0.181 e. The molecule has 0 bridgehead atoms. The van der Waals surface area contributed by atoms with Gasteiger partial charge in [-0.3, -0.25) is 4.79 Å². The maximum atomic E-state index is 11.4. The molecule has 12 heavy (non-hydrogen) atoms. The molecule has 0 N–H and O–H groups in total. The number of allylic oxidation sites excluding steroid dienone is 4. The average Bonchev–Trinajstić information content (AvgIpc) is 2.12. The van der Waals surface area contributed by atoms with E-state index in [4.69, 9.17) is 0 Å². The maximum absolute atomic E-state index is 11.4. The van der Waals surface area contributed by atoms with Gasteiger partial charge in [0.15, 0.2) is 5.78 Å². The van der Waals surface area contributed by atoms with Crippen LogP contribution in [0.1, 0.15) is 26.2 Å². The van der Waals surface area contributed by atoms with Crippen molar-refractivity contribution >= 4 is 5.78 Å². The first kappa shape index (κ1) is 7.78. The van der Waals surface area contributed by atoms with Gasteiger partial charge in [-0.15, -0.1) is 0 Å².